The Bertz CT molecular complexity index is 509. The van der Waals surface area contributed by atoms with E-state index in [2.05, 4.69) is 9.74 Å². The van der Waals surface area contributed by atoms with Crippen LogP contribution in [0.1, 0.15) is 33.6 Å². The lowest BCUT2D eigenvalue weighted by molar-refractivity contribution is -0.138. The Balaban J connectivity index is 2.35. The molecule has 0 aromatic heterocycles. The van der Waals surface area contributed by atoms with Crippen molar-refractivity contribution in [3.05, 3.63) is 46.2 Å². The summed E-state index contributed by atoms with van der Waals surface area (Å²) in [6.45, 7) is 13.2. The zero-order valence-electron chi connectivity index (χ0n) is 11.6. The molecule has 2 rings (SSSR count). The van der Waals surface area contributed by atoms with Crippen LogP contribution in [0.25, 0.3) is 4.85 Å². The molecule has 2 aliphatic rings. The van der Waals surface area contributed by atoms with Crippen LogP contribution < -0.4 is 0 Å². The number of rotatable bonds is 3. The van der Waals surface area contributed by atoms with Gasteiger partial charge in [-0.25, -0.2) is 4.85 Å². The lowest BCUT2D eigenvalue weighted by atomic mass is 10.1. The van der Waals surface area contributed by atoms with Gasteiger partial charge in [0, 0.05) is 17.4 Å². The Kier molecular flexibility index (Phi) is 3.75. The highest BCUT2D eigenvalue weighted by Gasteiger charge is 2.32. The van der Waals surface area contributed by atoms with Crippen LogP contribution in [-0.4, -0.2) is 23.5 Å². The van der Waals surface area contributed by atoms with Crippen molar-refractivity contribution in [2.24, 2.45) is 0 Å². The second-order valence-electron chi connectivity index (χ2n) is 4.81. The first kappa shape index (κ1) is 13.4. The first-order valence-corrected chi connectivity index (χ1v) is 6.53. The molecular formula is C15H18N2O2. The Hall–Kier alpha value is -2.02. The van der Waals surface area contributed by atoms with Crippen molar-refractivity contribution >= 4 is 5.97 Å². The quantitative estimate of drug-likeness (QED) is 0.443. The van der Waals surface area contributed by atoms with Crippen molar-refractivity contribution in [2.45, 2.75) is 39.7 Å². The van der Waals surface area contributed by atoms with Gasteiger partial charge in [0.15, 0.2) is 0 Å². The van der Waals surface area contributed by atoms with E-state index < -0.39 is 5.97 Å². The van der Waals surface area contributed by atoms with Gasteiger partial charge in [-0.3, -0.25) is 4.79 Å². The third-order valence-corrected chi connectivity index (χ3v) is 3.25. The van der Waals surface area contributed by atoms with Crippen molar-refractivity contribution in [2.75, 3.05) is 6.61 Å². The molecule has 4 heteroatoms. The van der Waals surface area contributed by atoms with E-state index in [0.717, 1.165) is 11.4 Å². The van der Waals surface area contributed by atoms with Crippen LogP contribution in [-0.2, 0) is 9.53 Å². The van der Waals surface area contributed by atoms with Gasteiger partial charge in [-0.05, 0) is 51.3 Å². The minimum absolute atomic E-state index is 0.0657. The molecule has 0 spiro atoms. The molecule has 0 atom stereocenters. The molecule has 0 amide bonds. The first-order chi connectivity index (χ1) is 9.08. The molecule has 19 heavy (non-hydrogen) atoms. The van der Waals surface area contributed by atoms with Crippen molar-refractivity contribution in [3.63, 3.8) is 0 Å². The van der Waals surface area contributed by atoms with E-state index in [9.17, 15) is 4.79 Å². The number of esters is 1. The van der Waals surface area contributed by atoms with E-state index in [4.69, 9.17) is 11.3 Å². The number of hydrogen-bond donors (Lipinski definition) is 0. The summed E-state index contributed by atoms with van der Waals surface area (Å²) in [5, 5.41) is 0. The van der Waals surface area contributed by atoms with Crippen molar-refractivity contribution in [3.8, 4) is 0 Å². The molecule has 100 valence electrons. The second-order valence-corrected chi connectivity index (χ2v) is 4.81. The molecule has 0 N–H and O–H groups in total. The van der Waals surface area contributed by atoms with Crippen LogP contribution >= 0.6 is 0 Å². The topological polar surface area (TPSA) is 33.9 Å². The minimum Gasteiger partial charge on any atom is -0.471 e. The van der Waals surface area contributed by atoms with Crippen molar-refractivity contribution in [1.82, 2.24) is 4.90 Å². The lowest BCUT2D eigenvalue weighted by Gasteiger charge is -2.30. The van der Waals surface area contributed by atoms with Gasteiger partial charge in [0.1, 0.15) is 0 Å². The normalized spacial score (nSPS) is 18.4. The van der Waals surface area contributed by atoms with Crippen LogP contribution in [0.5, 0.6) is 0 Å². The summed E-state index contributed by atoms with van der Waals surface area (Å²) in [6, 6.07) is 0.591. The average Bonchev–Trinajstić information content (AvgIpc) is 3.14. The lowest BCUT2D eigenvalue weighted by Crippen LogP contribution is -2.24. The summed E-state index contributed by atoms with van der Waals surface area (Å²) in [5.41, 5.74) is 2.89. The van der Waals surface area contributed by atoms with Crippen LogP contribution in [0.2, 0.25) is 0 Å². The molecule has 0 aromatic carbocycles. The SMILES string of the molecule is [C-]#[N+]C(C(=O)OCC)=C1C=C(C)N(C2CC2)C(C)=C1. The highest BCUT2D eigenvalue weighted by molar-refractivity contribution is 5.92. The monoisotopic (exact) mass is 258 g/mol. The average molecular weight is 258 g/mol. The van der Waals surface area contributed by atoms with E-state index in [-0.39, 0.29) is 12.3 Å². The largest absolute Gasteiger partial charge is 0.471 e. The Morgan fingerprint density at radius 1 is 1.42 bits per heavy atom. The smallest absolute Gasteiger partial charge is 0.336 e. The summed E-state index contributed by atoms with van der Waals surface area (Å²) < 4.78 is 4.92. The van der Waals surface area contributed by atoms with Crippen molar-refractivity contribution < 1.29 is 9.53 Å². The summed E-state index contributed by atoms with van der Waals surface area (Å²) in [4.78, 5) is 17.4. The molecule has 1 saturated carbocycles. The highest BCUT2D eigenvalue weighted by Crippen LogP contribution is 2.36. The fourth-order valence-corrected chi connectivity index (χ4v) is 2.38. The number of carbonyl (C=O) groups excluding carboxylic acids is 1. The predicted octanol–water partition coefficient (Wildman–Crippen LogP) is 3.01. The zero-order valence-corrected chi connectivity index (χ0v) is 11.6. The number of hydrogen-bond acceptors (Lipinski definition) is 3. The predicted molar refractivity (Wildman–Crippen MR) is 72.6 cm³/mol. The molecular weight excluding hydrogens is 240 g/mol. The second kappa shape index (κ2) is 5.31. The van der Waals surface area contributed by atoms with E-state index in [1.807, 2.05) is 26.0 Å². The van der Waals surface area contributed by atoms with Gasteiger partial charge >= 0.3 is 5.97 Å². The van der Waals surface area contributed by atoms with Crippen LogP contribution in [0.3, 0.4) is 0 Å². The molecule has 4 nitrogen and oxygen atoms in total. The maximum absolute atomic E-state index is 11.7. The maximum Gasteiger partial charge on any atom is 0.336 e. The Morgan fingerprint density at radius 2 is 2.00 bits per heavy atom. The molecule has 0 unspecified atom stereocenters. The number of ether oxygens (including phenoxy) is 1. The zero-order chi connectivity index (χ0) is 14.0. The summed E-state index contributed by atoms with van der Waals surface area (Å²) in [7, 11) is 0. The van der Waals surface area contributed by atoms with Gasteiger partial charge in [0.2, 0.25) is 0 Å². The van der Waals surface area contributed by atoms with Crippen molar-refractivity contribution in [1.29, 1.82) is 0 Å². The number of nitrogens with zero attached hydrogens (tertiary/aromatic N) is 2. The Morgan fingerprint density at radius 3 is 2.42 bits per heavy atom. The minimum atomic E-state index is -0.541. The molecule has 1 aliphatic carbocycles. The first-order valence-electron chi connectivity index (χ1n) is 6.53. The molecule has 0 bridgehead atoms. The molecule has 0 radical (unpaired) electrons. The Labute approximate surface area is 113 Å². The van der Waals surface area contributed by atoms with E-state index >= 15 is 0 Å². The van der Waals surface area contributed by atoms with Crippen LogP contribution in [0.15, 0.2) is 34.8 Å². The van der Waals surface area contributed by atoms with E-state index in [1.165, 1.54) is 12.8 Å². The standard InChI is InChI=1S/C15H18N2O2/c1-5-19-15(18)14(16-4)12-8-10(2)17(11(3)9-12)13-6-7-13/h8-9,13H,5-7H2,1-3H3. The maximum atomic E-state index is 11.7. The van der Waals surface area contributed by atoms with Gasteiger partial charge in [-0.2, -0.15) is 0 Å². The van der Waals surface area contributed by atoms with Gasteiger partial charge in [-0.15, -0.1) is 0 Å². The van der Waals surface area contributed by atoms with Gasteiger partial charge in [0.25, 0.3) is 5.70 Å². The molecule has 0 saturated heterocycles. The van der Waals surface area contributed by atoms with E-state index in [0.29, 0.717) is 11.6 Å². The highest BCUT2D eigenvalue weighted by atomic mass is 16.5. The van der Waals surface area contributed by atoms with E-state index in [1.54, 1.807) is 6.92 Å². The number of allylic oxidation sites excluding steroid dienone is 5. The molecule has 1 aliphatic heterocycles. The molecule has 1 fully saturated rings. The summed E-state index contributed by atoms with van der Waals surface area (Å²) in [5.74, 6) is -0.541. The summed E-state index contributed by atoms with van der Waals surface area (Å²) in [6.07, 6.45) is 6.22. The number of carbonyl (C=O) groups is 1. The van der Waals surface area contributed by atoms with Gasteiger partial charge < -0.3 is 9.64 Å². The van der Waals surface area contributed by atoms with Crippen LogP contribution in [0.4, 0.5) is 0 Å². The third-order valence-electron chi connectivity index (χ3n) is 3.25. The fourth-order valence-electron chi connectivity index (χ4n) is 2.38. The molecule has 0 aromatic rings. The fraction of sp³-hybridized carbons (Fsp3) is 0.467. The molecule has 1 heterocycles. The van der Waals surface area contributed by atoms with Gasteiger partial charge in [0.05, 0.1) is 13.2 Å². The van der Waals surface area contributed by atoms with Gasteiger partial charge in [-0.1, -0.05) is 0 Å². The van der Waals surface area contributed by atoms with Crippen LogP contribution in [0, 0.1) is 6.57 Å². The third kappa shape index (κ3) is 2.70. The summed E-state index contributed by atoms with van der Waals surface area (Å²) >= 11 is 0.